The molecule has 1 atom stereocenters. The lowest BCUT2D eigenvalue weighted by molar-refractivity contribution is 0.0934. The molecule has 0 bridgehead atoms. The van der Waals surface area contributed by atoms with Crippen molar-refractivity contribution in [3.05, 3.63) is 65.5 Å². The van der Waals surface area contributed by atoms with Gasteiger partial charge in [-0.25, -0.2) is 4.98 Å². The predicted molar refractivity (Wildman–Crippen MR) is 97.9 cm³/mol. The lowest BCUT2D eigenvalue weighted by atomic mass is 10.0. The number of rotatable bonds is 3. The van der Waals surface area contributed by atoms with Gasteiger partial charge in [0.1, 0.15) is 11.6 Å². The Morgan fingerprint density at radius 2 is 2.00 bits per heavy atom. The van der Waals surface area contributed by atoms with Crippen LogP contribution in [0.2, 0.25) is 0 Å². The molecule has 2 N–H and O–H groups in total. The van der Waals surface area contributed by atoms with Gasteiger partial charge in [-0.15, -0.1) is 0 Å². The Balaban J connectivity index is 1.51. The molecule has 0 spiro atoms. The monoisotopic (exact) mass is 348 g/mol. The first kappa shape index (κ1) is 16.3. The van der Waals surface area contributed by atoms with Gasteiger partial charge in [-0.2, -0.15) is 5.10 Å². The van der Waals surface area contributed by atoms with Crippen molar-refractivity contribution in [2.24, 2.45) is 0 Å². The van der Waals surface area contributed by atoms with Crippen molar-refractivity contribution in [3.8, 4) is 17.1 Å². The summed E-state index contributed by atoms with van der Waals surface area (Å²) < 4.78 is 5.76. The van der Waals surface area contributed by atoms with E-state index in [-0.39, 0.29) is 11.9 Å². The minimum Gasteiger partial charge on any atom is -0.493 e. The van der Waals surface area contributed by atoms with Crippen LogP contribution in [-0.4, -0.2) is 27.7 Å². The van der Waals surface area contributed by atoms with Gasteiger partial charge in [0.15, 0.2) is 5.82 Å². The third-order valence-electron chi connectivity index (χ3n) is 4.50. The fourth-order valence-corrected chi connectivity index (χ4v) is 3.16. The Labute approximate surface area is 151 Å². The highest BCUT2D eigenvalue weighted by Crippen LogP contribution is 2.31. The summed E-state index contributed by atoms with van der Waals surface area (Å²) in [6.07, 6.45) is 1.76. The number of carbonyl (C=O) groups excluding carboxylic acids is 1. The molecule has 0 fully saturated rings. The van der Waals surface area contributed by atoms with Crippen LogP contribution in [0.5, 0.6) is 5.75 Å². The number of hydrogen-bond donors (Lipinski definition) is 2. The van der Waals surface area contributed by atoms with Crippen LogP contribution in [0.1, 0.15) is 40.6 Å². The smallest absolute Gasteiger partial charge is 0.251 e. The fourth-order valence-electron chi connectivity index (χ4n) is 3.16. The van der Waals surface area contributed by atoms with E-state index in [2.05, 4.69) is 20.5 Å². The molecule has 0 saturated carbocycles. The molecule has 2 heterocycles. The Morgan fingerprint density at radius 1 is 1.19 bits per heavy atom. The second-order valence-corrected chi connectivity index (χ2v) is 6.38. The van der Waals surface area contributed by atoms with E-state index in [0.717, 1.165) is 35.5 Å². The van der Waals surface area contributed by atoms with Gasteiger partial charge < -0.3 is 10.1 Å². The summed E-state index contributed by atoms with van der Waals surface area (Å²) >= 11 is 0. The number of nitrogens with zero attached hydrogens (tertiary/aromatic N) is 2. The maximum Gasteiger partial charge on any atom is 0.251 e. The van der Waals surface area contributed by atoms with Crippen LogP contribution < -0.4 is 10.1 Å². The Kier molecular flexibility index (Phi) is 4.39. The molecule has 26 heavy (non-hydrogen) atoms. The van der Waals surface area contributed by atoms with Crippen LogP contribution in [0.3, 0.4) is 0 Å². The van der Waals surface area contributed by atoms with Crippen molar-refractivity contribution in [1.29, 1.82) is 0 Å². The van der Waals surface area contributed by atoms with Crippen molar-refractivity contribution in [2.75, 3.05) is 6.61 Å². The highest BCUT2D eigenvalue weighted by atomic mass is 16.5. The first-order chi connectivity index (χ1) is 12.7. The number of benzene rings is 2. The predicted octanol–water partition coefficient (Wildman–Crippen LogP) is 3.42. The maximum atomic E-state index is 12.7. The largest absolute Gasteiger partial charge is 0.493 e. The molecule has 0 aliphatic carbocycles. The molecule has 1 aliphatic rings. The van der Waals surface area contributed by atoms with Gasteiger partial charge in [0.25, 0.3) is 5.91 Å². The van der Waals surface area contributed by atoms with Gasteiger partial charge in [0.2, 0.25) is 0 Å². The molecule has 1 amide bonds. The molecule has 0 radical (unpaired) electrons. The van der Waals surface area contributed by atoms with Gasteiger partial charge >= 0.3 is 0 Å². The van der Waals surface area contributed by atoms with E-state index >= 15 is 0 Å². The van der Waals surface area contributed by atoms with Gasteiger partial charge in [0, 0.05) is 16.7 Å². The minimum absolute atomic E-state index is 0.0449. The first-order valence-electron chi connectivity index (χ1n) is 8.73. The van der Waals surface area contributed by atoms with Gasteiger partial charge in [-0.05, 0) is 38.0 Å². The van der Waals surface area contributed by atoms with Crippen LogP contribution in [0.25, 0.3) is 11.4 Å². The molecule has 3 aromatic rings. The van der Waals surface area contributed by atoms with E-state index in [0.29, 0.717) is 18.0 Å². The molecule has 0 unspecified atom stereocenters. The second-order valence-electron chi connectivity index (χ2n) is 6.38. The first-order valence-corrected chi connectivity index (χ1v) is 8.73. The number of nitrogens with one attached hydrogen (secondary N) is 2. The number of carbonyl (C=O) groups is 1. The third-order valence-corrected chi connectivity index (χ3v) is 4.50. The zero-order valence-corrected chi connectivity index (χ0v) is 14.5. The van der Waals surface area contributed by atoms with Crippen LogP contribution in [0.4, 0.5) is 0 Å². The number of H-pyrrole nitrogens is 1. The average molecular weight is 348 g/mol. The summed E-state index contributed by atoms with van der Waals surface area (Å²) in [6.45, 7) is 2.53. The molecule has 0 saturated heterocycles. The molecule has 1 aromatic heterocycles. The minimum atomic E-state index is -0.0931. The Morgan fingerprint density at radius 3 is 2.77 bits per heavy atom. The lowest BCUT2D eigenvalue weighted by Crippen LogP contribution is -2.28. The fraction of sp³-hybridized carbons (Fsp3) is 0.250. The quantitative estimate of drug-likeness (QED) is 0.760. The molecule has 6 nitrogen and oxygen atoms in total. The molecule has 1 aliphatic heterocycles. The summed E-state index contributed by atoms with van der Waals surface area (Å²) in [6, 6.07) is 15.2. The maximum absolute atomic E-state index is 12.7. The Bertz CT molecular complexity index is 918. The Hall–Kier alpha value is -3.15. The van der Waals surface area contributed by atoms with E-state index in [9.17, 15) is 4.79 Å². The van der Waals surface area contributed by atoms with E-state index in [1.54, 1.807) is 12.1 Å². The third kappa shape index (κ3) is 3.31. The molecular weight excluding hydrogens is 328 g/mol. The highest BCUT2D eigenvalue weighted by molar-refractivity contribution is 5.94. The molecule has 4 rings (SSSR count). The molecule has 2 aromatic carbocycles. The van der Waals surface area contributed by atoms with Crippen molar-refractivity contribution < 1.29 is 9.53 Å². The van der Waals surface area contributed by atoms with E-state index in [4.69, 9.17) is 4.74 Å². The summed E-state index contributed by atoms with van der Waals surface area (Å²) in [5.74, 6) is 2.15. The van der Waals surface area contributed by atoms with Crippen LogP contribution in [-0.2, 0) is 0 Å². The SMILES string of the molecule is Cc1nc(-c2ccc(C(=O)N[C@@H]3CCCOc4ccccc43)cc2)n[nH]1. The summed E-state index contributed by atoms with van der Waals surface area (Å²) in [5, 5.41) is 10.1. The van der Waals surface area contributed by atoms with Crippen LogP contribution in [0, 0.1) is 6.92 Å². The lowest BCUT2D eigenvalue weighted by Gasteiger charge is -2.18. The van der Waals surface area contributed by atoms with Crippen LogP contribution in [0.15, 0.2) is 48.5 Å². The van der Waals surface area contributed by atoms with Crippen molar-refractivity contribution in [2.45, 2.75) is 25.8 Å². The zero-order valence-electron chi connectivity index (χ0n) is 14.5. The highest BCUT2D eigenvalue weighted by Gasteiger charge is 2.21. The van der Waals surface area contributed by atoms with Crippen LogP contribution >= 0.6 is 0 Å². The number of fused-ring (bicyclic) bond motifs is 1. The number of amides is 1. The zero-order chi connectivity index (χ0) is 17.9. The number of aromatic nitrogens is 3. The standard InChI is InChI=1S/C20H20N4O2/c1-13-21-19(24-23-13)14-8-10-15(11-9-14)20(25)22-17-6-4-12-26-18-7-3-2-5-16(17)18/h2-3,5,7-11,17H,4,6,12H2,1H3,(H,22,25)(H,21,23,24)/t17-/m1/s1. The topological polar surface area (TPSA) is 79.9 Å². The number of ether oxygens (including phenoxy) is 1. The molecule has 6 heteroatoms. The number of aromatic amines is 1. The summed E-state index contributed by atoms with van der Waals surface area (Å²) in [5.41, 5.74) is 2.52. The van der Waals surface area contributed by atoms with Gasteiger partial charge in [-0.3, -0.25) is 9.89 Å². The second kappa shape index (κ2) is 7.00. The molecule has 132 valence electrons. The van der Waals surface area contributed by atoms with Crippen molar-refractivity contribution in [1.82, 2.24) is 20.5 Å². The van der Waals surface area contributed by atoms with Crippen molar-refractivity contribution in [3.63, 3.8) is 0 Å². The number of para-hydroxylation sites is 1. The van der Waals surface area contributed by atoms with Crippen molar-refractivity contribution >= 4 is 5.91 Å². The normalized spacial score (nSPS) is 16.3. The number of aryl methyl sites for hydroxylation is 1. The summed E-state index contributed by atoms with van der Waals surface area (Å²) in [7, 11) is 0. The number of hydrogen-bond acceptors (Lipinski definition) is 4. The molecular formula is C20H20N4O2. The average Bonchev–Trinajstić information content (AvgIpc) is 3.00. The van der Waals surface area contributed by atoms with E-state index in [1.165, 1.54) is 0 Å². The van der Waals surface area contributed by atoms with E-state index in [1.807, 2.05) is 43.3 Å². The van der Waals surface area contributed by atoms with E-state index < -0.39 is 0 Å². The van der Waals surface area contributed by atoms with Gasteiger partial charge in [0.05, 0.1) is 12.6 Å². The van der Waals surface area contributed by atoms with Gasteiger partial charge in [-0.1, -0.05) is 30.3 Å². The summed E-state index contributed by atoms with van der Waals surface area (Å²) in [4.78, 5) is 17.0.